The number of nitrogens with zero attached hydrogens (tertiary/aromatic N) is 2. The minimum absolute atomic E-state index is 0.407. The standard InChI is InChI=1S/C14H25N3S/c1-5-12-6-8-17(9-7-12)14-16-11(3)13(18-14)10(2)15-4/h10,12,15H,5-9H2,1-4H3. The van der Waals surface area contributed by atoms with E-state index in [1.54, 1.807) is 0 Å². The zero-order valence-corrected chi connectivity index (χ0v) is 12.8. The topological polar surface area (TPSA) is 28.2 Å². The Morgan fingerprint density at radius 2 is 2.11 bits per heavy atom. The number of piperidine rings is 1. The molecule has 0 bridgehead atoms. The minimum atomic E-state index is 0.407. The molecule has 1 unspecified atom stereocenters. The van der Waals surface area contributed by atoms with Crippen LogP contribution in [-0.4, -0.2) is 25.1 Å². The Balaban J connectivity index is 2.06. The van der Waals surface area contributed by atoms with Crippen LogP contribution in [0.3, 0.4) is 0 Å². The van der Waals surface area contributed by atoms with Gasteiger partial charge in [-0.05, 0) is 39.7 Å². The molecule has 1 aromatic heterocycles. The van der Waals surface area contributed by atoms with Crippen LogP contribution in [0.15, 0.2) is 0 Å². The monoisotopic (exact) mass is 267 g/mol. The molecule has 0 spiro atoms. The molecule has 102 valence electrons. The van der Waals surface area contributed by atoms with Crippen molar-refractivity contribution in [1.82, 2.24) is 10.3 Å². The van der Waals surface area contributed by atoms with Gasteiger partial charge in [0.05, 0.1) is 5.69 Å². The van der Waals surface area contributed by atoms with Crippen molar-refractivity contribution in [2.45, 2.75) is 46.1 Å². The Kier molecular flexibility index (Phi) is 4.62. The fourth-order valence-corrected chi connectivity index (χ4v) is 3.77. The van der Waals surface area contributed by atoms with Crippen molar-refractivity contribution in [3.63, 3.8) is 0 Å². The second kappa shape index (κ2) is 6.02. The van der Waals surface area contributed by atoms with Gasteiger partial charge in [0.15, 0.2) is 5.13 Å². The van der Waals surface area contributed by atoms with E-state index in [2.05, 4.69) is 31.0 Å². The molecule has 1 aliphatic heterocycles. The predicted octanol–water partition coefficient (Wildman–Crippen LogP) is 3.36. The zero-order valence-electron chi connectivity index (χ0n) is 12.0. The van der Waals surface area contributed by atoms with Gasteiger partial charge in [0, 0.05) is 24.0 Å². The first-order valence-corrected chi connectivity index (χ1v) is 7.86. The lowest BCUT2D eigenvalue weighted by Gasteiger charge is -2.31. The number of nitrogens with one attached hydrogen (secondary N) is 1. The fraction of sp³-hybridized carbons (Fsp3) is 0.786. The summed E-state index contributed by atoms with van der Waals surface area (Å²) in [5.74, 6) is 0.929. The number of anilines is 1. The Bertz CT molecular complexity index is 380. The number of hydrogen-bond acceptors (Lipinski definition) is 4. The Labute approximate surface area is 115 Å². The van der Waals surface area contributed by atoms with Gasteiger partial charge in [0.1, 0.15) is 0 Å². The molecule has 1 fully saturated rings. The van der Waals surface area contributed by atoms with Gasteiger partial charge in [-0.3, -0.25) is 0 Å². The Hall–Kier alpha value is -0.610. The number of thiazole rings is 1. The van der Waals surface area contributed by atoms with Crippen molar-refractivity contribution in [1.29, 1.82) is 0 Å². The highest BCUT2D eigenvalue weighted by molar-refractivity contribution is 7.15. The molecule has 1 atom stereocenters. The van der Waals surface area contributed by atoms with Crippen LogP contribution < -0.4 is 10.2 Å². The van der Waals surface area contributed by atoms with E-state index in [-0.39, 0.29) is 0 Å². The molecule has 3 nitrogen and oxygen atoms in total. The van der Waals surface area contributed by atoms with E-state index in [4.69, 9.17) is 4.98 Å². The molecular weight excluding hydrogens is 242 g/mol. The van der Waals surface area contributed by atoms with Crippen LogP contribution in [0.2, 0.25) is 0 Å². The first-order valence-electron chi connectivity index (χ1n) is 7.05. The smallest absolute Gasteiger partial charge is 0.185 e. The van der Waals surface area contributed by atoms with Gasteiger partial charge in [0.25, 0.3) is 0 Å². The Morgan fingerprint density at radius 1 is 1.44 bits per heavy atom. The molecule has 1 aromatic rings. The Morgan fingerprint density at radius 3 is 2.67 bits per heavy atom. The molecule has 1 N–H and O–H groups in total. The number of aryl methyl sites for hydroxylation is 1. The molecule has 0 radical (unpaired) electrons. The van der Waals surface area contributed by atoms with Gasteiger partial charge in [0.2, 0.25) is 0 Å². The average molecular weight is 267 g/mol. The summed E-state index contributed by atoms with van der Waals surface area (Å²) in [5.41, 5.74) is 1.19. The summed E-state index contributed by atoms with van der Waals surface area (Å²) in [4.78, 5) is 8.61. The van der Waals surface area contributed by atoms with Crippen molar-refractivity contribution < 1.29 is 0 Å². The summed E-state index contributed by atoms with van der Waals surface area (Å²) >= 11 is 1.86. The molecular formula is C14H25N3S. The lowest BCUT2D eigenvalue weighted by atomic mass is 9.95. The number of aromatic nitrogens is 1. The molecule has 2 rings (SSSR count). The van der Waals surface area contributed by atoms with Gasteiger partial charge < -0.3 is 10.2 Å². The van der Waals surface area contributed by atoms with E-state index in [0.29, 0.717) is 6.04 Å². The third kappa shape index (κ3) is 2.86. The van der Waals surface area contributed by atoms with Gasteiger partial charge >= 0.3 is 0 Å². The molecule has 0 aromatic carbocycles. The van der Waals surface area contributed by atoms with E-state index in [1.165, 1.54) is 48.1 Å². The van der Waals surface area contributed by atoms with Gasteiger partial charge in [-0.1, -0.05) is 13.3 Å². The molecule has 1 aliphatic rings. The molecule has 18 heavy (non-hydrogen) atoms. The van der Waals surface area contributed by atoms with E-state index in [9.17, 15) is 0 Å². The summed E-state index contributed by atoms with van der Waals surface area (Å²) in [7, 11) is 2.01. The van der Waals surface area contributed by atoms with Crippen LogP contribution in [0, 0.1) is 12.8 Å². The van der Waals surface area contributed by atoms with Crippen molar-refractivity contribution in [2.24, 2.45) is 5.92 Å². The normalized spacial score (nSPS) is 19.2. The summed E-state index contributed by atoms with van der Waals surface area (Å²) in [6.45, 7) is 8.99. The molecule has 4 heteroatoms. The first kappa shape index (κ1) is 13.8. The highest BCUT2D eigenvalue weighted by Gasteiger charge is 2.22. The van der Waals surface area contributed by atoms with Crippen LogP contribution in [0.4, 0.5) is 5.13 Å². The largest absolute Gasteiger partial charge is 0.348 e. The highest BCUT2D eigenvalue weighted by Crippen LogP contribution is 2.33. The van der Waals surface area contributed by atoms with E-state index in [1.807, 2.05) is 18.4 Å². The lowest BCUT2D eigenvalue weighted by molar-refractivity contribution is 0.395. The highest BCUT2D eigenvalue weighted by atomic mass is 32.1. The summed E-state index contributed by atoms with van der Waals surface area (Å²) in [5, 5.41) is 4.53. The van der Waals surface area contributed by atoms with Crippen LogP contribution in [0.5, 0.6) is 0 Å². The minimum Gasteiger partial charge on any atom is -0.348 e. The van der Waals surface area contributed by atoms with Crippen LogP contribution in [-0.2, 0) is 0 Å². The fourth-order valence-electron chi connectivity index (χ4n) is 2.59. The summed E-state index contributed by atoms with van der Waals surface area (Å²) in [6.07, 6.45) is 3.98. The van der Waals surface area contributed by atoms with Crippen molar-refractivity contribution in [2.75, 3.05) is 25.0 Å². The first-order chi connectivity index (χ1) is 8.65. The molecule has 0 aliphatic carbocycles. The van der Waals surface area contributed by atoms with Gasteiger partial charge in [-0.2, -0.15) is 0 Å². The maximum Gasteiger partial charge on any atom is 0.185 e. The average Bonchev–Trinajstić information content (AvgIpc) is 2.80. The van der Waals surface area contributed by atoms with Crippen LogP contribution >= 0.6 is 11.3 Å². The lowest BCUT2D eigenvalue weighted by Crippen LogP contribution is -2.33. The van der Waals surface area contributed by atoms with Crippen molar-refractivity contribution in [3.8, 4) is 0 Å². The van der Waals surface area contributed by atoms with Crippen LogP contribution in [0.1, 0.15) is 49.7 Å². The van der Waals surface area contributed by atoms with Crippen LogP contribution in [0.25, 0.3) is 0 Å². The quantitative estimate of drug-likeness (QED) is 0.906. The van der Waals surface area contributed by atoms with Gasteiger partial charge in [-0.25, -0.2) is 4.98 Å². The van der Waals surface area contributed by atoms with E-state index >= 15 is 0 Å². The summed E-state index contributed by atoms with van der Waals surface area (Å²) < 4.78 is 0. The zero-order chi connectivity index (χ0) is 13.1. The molecule has 0 amide bonds. The van der Waals surface area contributed by atoms with E-state index in [0.717, 1.165) is 5.92 Å². The summed E-state index contributed by atoms with van der Waals surface area (Å²) in [6, 6.07) is 0.407. The van der Waals surface area contributed by atoms with Gasteiger partial charge in [-0.15, -0.1) is 11.3 Å². The molecule has 0 saturated carbocycles. The van der Waals surface area contributed by atoms with E-state index < -0.39 is 0 Å². The number of rotatable bonds is 4. The second-order valence-electron chi connectivity index (χ2n) is 5.30. The third-order valence-corrected chi connectivity index (χ3v) is 5.51. The number of hydrogen-bond donors (Lipinski definition) is 1. The van der Waals surface area contributed by atoms with Crippen molar-refractivity contribution in [3.05, 3.63) is 10.6 Å². The maximum absolute atomic E-state index is 4.76. The van der Waals surface area contributed by atoms with Crippen molar-refractivity contribution >= 4 is 16.5 Å². The predicted molar refractivity (Wildman–Crippen MR) is 79.6 cm³/mol. The SMILES string of the molecule is CCC1CCN(c2nc(C)c(C(C)NC)s2)CC1. The molecule has 2 heterocycles. The maximum atomic E-state index is 4.76. The second-order valence-corrected chi connectivity index (χ2v) is 6.30. The molecule has 1 saturated heterocycles. The third-order valence-electron chi connectivity index (χ3n) is 4.11.